The fourth-order valence-electron chi connectivity index (χ4n) is 1.74. The van der Waals surface area contributed by atoms with Crippen LogP contribution in [-0.2, 0) is 7.05 Å². The molecule has 5 heteroatoms. The fraction of sp³-hybridized carbons (Fsp3) is 0.357. The molecule has 0 saturated heterocycles. The van der Waals surface area contributed by atoms with Crippen molar-refractivity contribution in [3.63, 3.8) is 0 Å². The summed E-state index contributed by atoms with van der Waals surface area (Å²) in [5.74, 6) is 0.910. The standard InChI is InChI=1S/C14H18IN3O/c1-11(14-9-18(2)10-17-14)16-7-8-19-13-5-3-12(15)4-6-13/h3-6,9-11,16H,7-8H2,1-2H3. The van der Waals surface area contributed by atoms with E-state index in [2.05, 4.69) is 39.8 Å². The maximum absolute atomic E-state index is 5.66. The minimum Gasteiger partial charge on any atom is -0.492 e. The molecule has 2 aromatic rings. The van der Waals surface area contributed by atoms with Crippen LogP contribution in [0.5, 0.6) is 5.75 Å². The van der Waals surface area contributed by atoms with E-state index in [0.717, 1.165) is 18.0 Å². The molecule has 0 aliphatic carbocycles. The molecule has 2 rings (SSSR count). The molecule has 4 nitrogen and oxygen atoms in total. The number of halogens is 1. The summed E-state index contributed by atoms with van der Waals surface area (Å²) in [6.45, 7) is 3.55. The Labute approximate surface area is 127 Å². The number of benzene rings is 1. The minimum atomic E-state index is 0.238. The second-order valence-corrected chi connectivity index (χ2v) is 5.69. The number of nitrogens with zero attached hydrogens (tertiary/aromatic N) is 2. The van der Waals surface area contributed by atoms with Crippen LogP contribution in [0.25, 0.3) is 0 Å². The van der Waals surface area contributed by atoms with Gasteiger partial charge in [-0.05, 0) is 53.8 Å². The van der Waals surface area contributed by atoms with Crippen molar-refractivity contribution in [2.24, 2.45) is 7.05 Å². The zero-order valence-electron chi connectivity index (χ0n) is 11.1. The van der Waals surface area contributed by atoms with Crippen molar-refractivity contribution in [1.29, 1.82) is 0 Å². The maximum Gasteiger partial charge on any atom is 0.119 e. The quantitative estimate of drug-likeness (QED) is 0.627. The molecule has 1 aromatic carbocycles. The highest BCUT2D eigenvalue weighted by Gasteiger charge is 2.06. The number of ether oxygens (including phenoxy) is 1. The van der Waals surface area contributed by atoms with Crippen LogP contribution in [0.4, 0.5) is 0 Å². The summed E-state index contributed by atoms with van der Waals surface area (Å²) >= 11 is 2.28. The summed E-state index contributed by atoms with van der Waals surface area (Å²) < 4.78 is 8.83. The van der Waals surface area contributed by atoms with E-state index in [9.17, 15) is 0 Å². The van der Waals surface area contributed by atoms with Crippen LogP contribution in [0.3, 0.4) is 0 Å². The van der Waals surface area contributed by atoms with Gasteiger partial charge < -0.3 is 14.6 Å². The van der Waals surface area contributed by atoms with Gasteiger partial charge in [0, 0.05) is 29.4 Å². The van der Waals surface area contributed by atoms with E-state index in [1.54, 1.807) is 0 Å². The van der Waals surface area contributed by atoms with Crippen molar-refractivity contribution in [3.05, 3.63) is 46.1 Å². The van der Waals surface area contributed by atoms with Gasteiger partial charge in [0.1, 0.15) is 12.4 Å². The molecule has 1 unspecified atom stereocenters. The first-order chi connectivity index (χ1) is 9.15. The predicted molar refractivity (Wildman–Crippen MR) is 84.3 cm³/mol. The Bertz CT molecular complexity index is 510. The molecule has 0 amide bonds. The highest BCUT2D eigenvalue weighted by molar-refractivity contribution is 14.1. The molecule has 0 bridgehead atoms. The van der Waals surface area contributed by atoms with E-state index in [0.29, 0.717) is 6.61 Å². The first-order valence-electron chi connectivity index (χ1n) is 6.25. The average Bonchev–Trinajstić information content (AvgIpc) is 2.83. The van der Waals surface area contributed by atoms with Crippen molar-refractivity contribution < 1.29 is 4.74 Å². The van der Waals surface area contributed by atoms with Crippen LogP contribution in [0.1, 0.15) is 18.7 Å². The maximum atomic E-state index is 5.66. The Kier molecular flexibility index (Phi) is 5.21. The normalized spacial score (nSPS) is 12.4. The molecule has 0 fully saturated rings. The molecule has 1 N–H and O–H groups in total. The number of imidazole rings is 1. The lowest BCUT2D eigenvalue weighted by Gasteiger charge is -2.12. The van der Waals surface area contributed by atoms with Gasteiger partial charge in [-0.3, -0.25) is 0 Å². The van der Waals surface area contributed by atoms with Gasteiger partial charge in [-0.1, -0.05) is 0 Å². The Morgan fingerprint density at radius 3 is 2.74 bits per heavy atom. The summed E-state index contributed by atoms with van der Waals surface area (Å²) in [6, 6.07) is 8.30. The molecule has 0 aliphatic heterocycles. The molecule has 0 spiro atoms. The van der Waals surface area contributed by atoms with Gasteiger partial charge in [0.2, 0.25) is 0 Å². The van der Waals surface area contributed by atoms with Crippen LogP contribution < -0.4 is 10.1 Å². The van der Waals surface area contributed by atoms with Gasteiger partial charge in [-0.25, -0.2) is 4.98 Å². The number of nitrogens with one attached hydrogen (secondary N) is 1. The van der Waals surface area contributed by atoms with Crippen LogP contribution in [0.15, 0.2) is 36.8 Å². The van der Waals surface area contributed by atoms with Crippen molar-refractivity contribution in [1.82, 2.24) is 14.9 Å². The van der Waals surface area contributed by atoms with E-state index in [1.807, 2.05) is 48.4 Å². The lowest BCUT2D eigenvalue weighted by molar-refractivity contribution is 0.307. The number of aryl methyl sites for hydroxylation is 1. The Balaban J connectivity index is 1.70. The van der Waals surface area contributed by atoms with Gasteiger partial charge in [-0.2, -0.15) is 0 Å². The number of aromatic nitrogens is 2. The third-order valence-electron chi connectivity index (χ3n) is 2.80. The number of hydrogen-bond acceptors (Lipinski definition) is 3. The summed E-state index contributed by atoms with van der Waals surface area (Å²) in [7, 11) is 1.98. The van der Waals surface area contributed by atoms with Crippen LogP contribution in [-0.4, -0.2) is 22.7 Å². The number of rotatable bonds is 6. The van der Waals surface area contributed by atoms with E-state index in [4.69, 9.17) is 4.74 Å². The summed E-state index contributed by atoms with van der Waals surface area (Å²) in [5, 5.41) is 3.39. The second-order valence-electron chi connectivity index (χ2n) is 4.44. The first kappa shape index (κ1) is 14.3. The van der Waals surface area contributed by atoms with Crippen molar-refractivity contribution >= 4 is 22.6 Å². The fourth-order valence-corrected chi connectivity index (χ4v) is 2.10. The molecule has 0 aliphatic rings. The lowest BCUT2D eigenvalue weighted by atomic mass is 10.2. The van der Waals surface area contributed by atoms with E-state index >= 15 is 0 Å². The predicted octanol–water partition coefficient (Wildman–Crippen LogP) is 2.75. The monoisotopic (exact) mass is 371 g/mol. The molecule has 19 heavy (non-hydrogen) atoms. The highest BCUT2D eigenvalue weighted by Crippen LogP contribution is 2.13. The average molecular weight is 371 g/mol. The van der Waals surface area contributed by atoms with Crippen LogP contribution in [0.2, 0.25) is 0 Å². The summed E-state index contributed by atoms with van der Waals surface area (Å²) in [5.41, 5.74) is 1.05. The highest BCUT2D eigenvalue weighted by atomic mass is 127. The van der Waals surface area contributed by atoms with Gasteiger partial charge in [0.15, 0.2) is 0 Å². The van der Waals surface area contributed by atoms with E-state index in [-0.39, 0.29) is 6.04 Å². The SMILES string of the molecule is CC(NCCOc1ccc(I)cc1)c1cn(C)cn1. The molecule has 1 heterocycles. The number of hydrogen-bond donors (Lipinski definition) is 1. The second kappa shape index (κ2) is 6.91. The molecule has 1 atom stereocenters. The largest absolute Gasteiger partial charge is 0.492 e. The van der Waals surface area contributed by atoms with Crippen LogP contribution in [0, 0.1) is 3.57 Å². The van der Waals surface area contributed by atoms with Crippen LogP contribution >= 0.6 is 22.6 Å². The third-order valence-corrected chi connectivity index (χ3v) is 3.52. The molecule has 0 saturated carbocycles. The molecule has 0 radical (unpaired) electrons. The first-order valence-corrected chi connectivity index (χ1v) is 7.32. The molecule has 1 aromatic heterocycles. The van der Waals surface area contributed by atoms with Gasteiger partial charge in [-0.15, -0.1) is 0 Å². The molecular weight excluding hydrogens is 353 g/mol. The Hall–Kier alpha value is -1.08. The smallest absolute Gasteiger partial charge is 0.119 e. The molecular formula is C14H18IN3O. The van der Waals surface area contributed by atoms with Crippen molar-refractivity contribution in [3.8, 4) is 5.75 Å². The van der Waals surface area contributed by atoms with Gasteiger partial charge in [0.25, 0.3) is 0 Å². The Morgan fingerprint density at radius 1 is 1.37 bits per heavy atom. The zero-order chi connectivity index (χ0) is 13.7. The summed E-state index contributed by atoms with van der Waals surface area (Å²) in [6.07, 6.45) is 3.84. The van der Waals surface area contributed by atoms with Gasteiger partial charge in [0.05, 0.1) is 12.0 Å². The third kappa shape index (κ3) is 4.50. The summed E-state index contributed by atoms with van der Waals surface area (Å²) in [4.78, 5) is 4.32. The van der Waals surface area contributed by atoms with Crippen molar-refractivity contribution in [2.75, 3.05) is 13.2 Å². The van der Waals surface area contributed by atoms with Crippen molar-refractivity contribution in [2.45, 2.75) is 13.0 Å². The minimum absolute atomic E-state index is 0.238. The van der Waals surface area contributed by atoms with E-state index in [1.165, 1.54) is 3.57 Å². The van der Waals surface area contributed by atoms with E-state index < -0.39 is 0 Å². The topological polar surface area (TPSA) is 39.1 Å². The molecule has 102 valence electrons. The Morgan fingerprint density at radius 2 is 2.11 bits per heavy atom. The van der Waals surface area contributed by atoms with Gasteiger partial charge >= 0.3 is 0 Å². The lowest BCUT2D eigenvalue weighted by Crippen LogP contribution is -2.24. The zero-order valence-corrected chi connectivity index (χ0v) is 13.3.